The third-order valence-corrected chi connectivity index (χ3v) is 4.78. The van der Waals surface area contributed by atoms with Gasteiger partial charge < -0.3 is 23.7 Å². The van der Waals surface area contributed by atoms with E-state index in [1.165, 1.54) is 0 Å². The van der Waals surface area contributed by atoms with Gasteiger partial charge in [0.15, 0.2) is 12.6 Å². The number of fused-ring (bicyclic) bond motifs is 1. The molecule has 0 saturated carbocycles. The summed E-state index contributed by atoms with van der Waals surface area (Å²) in [6.07, 6.45) is -1.87. The molecule has 2 saturated heterocycles. The predicted octanol–water partition coefficient (Wildman–Crippen LogP) is 3.09. The second-order valence-electron chi connectivity index (χ2n) is 6.56. The molecule has 0 N–H and O–H groups in total. The Morgan fingerprint density at radius 2 is 1.70 bits per heavy atom. The summed E-state index contributed by atoms with van der Waals surface area (Å²) in [6.45, 7) is 0.337. The van der Waals surface area contributed by atoms with E-state index >= 15 is 0 Å². The minimum Gasteiger partial charge on any atom is -0.456 e. The molecule has 0 aliphatic carbocycles. The highest BCUT2D eigenvalue weighted by Crippen LogP contribution is 2.35. The topological polar surface area (TPSA) is 63.2 Å². The van der Waals surface area contributed by atoms with Crippen LogP contribution in [0.5, 0.6) is 0 Å². The first-order valence-corrected chi connectivity index (χ1v) is 9.01. The standard InChI is InChI=1S/C21H22O6/c1-23-18-12-16(26-20(22)14-8-4-2-5-9-14)19-17(25-18)13-24-21(27-19)15-10-6-3-7-11-15/h2-11,16-19,21H,12-13H2,1H3. The zero-order valence-electron chi connectivity index (χ0n) is 15.0. The molecule has 0 amide bonds. The van der Waals surface area contributed by atoms with Crippen molar-refractivity contribution in [3.05, 3.63) is 71.8 Å². The van der Waals surface area contributed by atoms with E-state index in [-0.39, 0.29) is 12.1 Å². The Kier molecular flexibility index (Phi) is 5.50. The van der Waals surface area contributed by atoms with E-state index in [9.17, 15) is 4.79 Å². The molecule has 2 fully saturated rings. The number of methoxy groups -OCH3 is 1. The van der Waals surface area contributed by atoms with E-state index < -0.39 is 24.8 Å². The van der Waals surface area contributed by atoms with Gasteiger partial charge in [-0.25, -0.2) is 4.79 Å². The number of carbonyl (C=O) groups is 1. The summed E-state index contributed by atoms with van der Waals surface area (Å²) < 4.78 is 29.0. The van der Waals surface area contributed by atoms with Crippen LogP contribution in [0.3, 0.4) is 0 Å². The lowest BCUT2D eigenvalue weighted by Crippen LogP contribution is -2.56. The molecule has 2 aromatic carbocycles. The van der Waals surface area contributed by atoms with Crippen molar-refractivity contribution in [2.24, 2.45) is 0 Å². The molecule has 0 aromatic heterocycles. The Morgan fingerprint density at radius 1 is 1.00 bits per heavy atom. The van der Waals surface area contributed by atoms with Crippen LogP contribution in [-0.4, -0.2) is 44.3 Å². The molecule has 0 spiro atoms. The number of benzene rings is 2. The molecule has 27 heavy (non-hydrogen) atoms. The molecular formula is C21H22O6. The molecule has 142 valence electrons. The Balaban J connectivity index is 1.51. The molecule has 2 aliphatic heterocycles. The maximum atomic E-state index is 12.5. The Morgan fingerprint density at radius 3 is 2.41 bits per heavy atom. The molecule has 6 nitrogen and oxygen atoms in total. The van der Waals surface area contributed by atoms with Crippen LogP contribution in [-0.2, 0) is 23.7 Å². The van der Waals surface area contributed by atoms with Gasteiger partial charge in [0.25, 0.3) is 0 Å². The van der Waals surface area contributed by atoms with Gasteiger partial charge in [-0.2, -0.15) is 0 Å². The summed E-state index contributed by atoms with van der Waals surface area (Å²) >= 11 is 0. The van der Waals surface area contributed by atoms with Gasteiger partial charge in [0, 0.05) is 19.1 Å². The van der Waals surface area contributed by atoms with E-state index in [0.29, 0.717) is 18.6 Å². The number of rotatable bonds is 4. The van der Waals surface area contributed by atoms with Gasteiger partial charge >= 0.3 is 5.97 Å². The van der Waals surface area contributed by atoms with E-state index in [2.05, 4.69) is 0 Å². The number of hydrogen-bond donors (Lipinski definition) is 0. The van der Waals surface area contributed by atoms with Crippen molar-refractivity contribution in [2.75, 3.05) is 13.7 Å². The number of esters is 1. The third kappa shape index (κ3) is 4.04. The SMILES string of the molecule is COC1CC(OC(=O)c2ccccc2)C2OC(c3ccccc3)OCC2O1. The van der Waals surface area contributed by atoms with Crippen molar-refractivity contribution in [3.8, 4) is 0 Å². The molecule has 2 heterocycles. The summed E-state index contributed by atoms with van der Waals surface area (Å²) in [7, 11) is 1.57. The van der Waals surface area contributed by atoms with E-state index in [1.807, 2.05) is 36.4 Å². The summed E-state index contributed by atoms with van der Waals surface area (Å²) in [4.78, 5) is 12.5. The smallest absolute Gasteiger partial charge is 0.338 e. The fourth-order valence-corrected chi connectivity index (χ4v) is 3.40. The molecule has 5 atom stereocenters. The van der Waals surface area contributed by atoms with Gasteiger partial charge in [-0.15, -0.1) is 0 Å². The minimum atomic E-state index is -0.520. The summed E-state index contributed by atoms with van der Waals surface area (Å²) in [5, 5.41) is 0. The predicted molar refractivity (Wildman–Crippen MR) is 95.9 cm³/mol. The fourth-order valence-electron chi connectivity index (χ4n) is 3.40. The Hall–Kier alpha value is -2.25. The monoisotopic (exact) mass is 370 g/mol. The first kappa shape index (κ1) is 18.1. The second-order valence-corrected chi connectivity index (χ2v) is 6.56. The average molecular weight is 370 g/mol. The van der Waals surface area contributed by atoms with Crippen LogP contribution in [0.25, 0.3) is 0 Å². The van der Waals surface area contributed by atoms with Gasteiger partial charge in [-0.1, -0.05) is 48.5 Å². The highest BCUT2D eigenvalue weighted by Gasteiger charge is 2.46. The molecule has 0 bridgehead atoms. The molecule has 2 aromatic rings. The molecule has 4 rings (SSSR count). The lowest BCUT2D eigenvalue weighted by molar-refractivity contribution is -0.333. The van der Waals surface area contributed by atoms with Crippen LogP contribution in [0, 0.1) is 0 Å². The normalized spacial score (nSPS) is 30.3. The molecule has 2 aliphatic rings. The minimum absolute atomic E-state index is 0.337. The van der Waals surface area contributed by atoms with Crippen molar-refractivity contribution in [1.82, 2.24) is 0 Å². The van der Waals surface area contributed by atoms with Crippen LogP contribution in [0.15, 0.2) is 60.7 Å². The van der Waals surface area contributed by atoms with Crippen molar-refractivity contribution < 1.29 is 28.5 Å². The first-order valence-electron chi connectivity index (χ1n) is 9.01. The second kappa shape index (κ2) is 8.19. The van der Waals surface area contributed by atoms with Crippen molar-refractivity contribution >= 4 is 5.97 Å². The number of hydrogen-bond acceptors (Lipinski definition) is 6. The first-order chi connectivity index (χ1) is 13.2. The summed E-state index contributed by atoms with van der Waals surface area (Å²) in [5.74, 6) is -0.387. The van der Waals surface area contributed by atoms with E-state index in [4.69, 9.17) is 23.7 Å². The van der Waals surface area contributed by atoms with Crippen molar-refractivity contribution in [3.63, 3.8) is 0 Å². The molecule has 5 unspecified atom stereocenters. The number of carbonyl (C=O) groups excluding carboxylic acids is 1. The summed E-state index contributed by atoms with van der Waals surface area (Å²) in [6, 6.07) is 18.6. The van der Waals surface area contributed by atoms with Gasteiger partial charge in [-0.05, 0) is 12.1 Å². The fraction of sp³-hybridized carbons (Fsp3) is 0.381. The van der Waals surface area contributed by atoms with Gasteiger partial charge in [-0.3, -0.25) is 0 Å². The van der Waals surface area contributed by atoms with Gasteiger partial charge in [0.05, 0.1) is 12.2 Å². The van der Waals surface area contributed by atoms with Gasteiger partial charge in [0.1, 0.15) is 18.3 Å². The quantitative estimate of drug-likeness (QED) is 0.771. The highest BCUT2D eigenvalue weighted by atomic mass is 16.7. The zero-order chi connectivity index (χ0) is 18.6. The van der Waals surface area contributed by atoms with Crippen LogP contribution in [0.4, 0.5) is 0 Å². The summed E-state index contributed by atoms with van der Waals surface area (Å²) in [5.41, 5.74) is 1.42. The maximum Gasteiger partial charge on any atom is 0.338 e. The van der Waals surface area contributed by atoms with Crippen LogP contribution in [0.2, 0.25) is 0 Å². The highest BCUT2D eigenvalue weighted by molar-refractivity contribution is 5.89. The molecular weight excluding hydrogens is 348 g/mol. The van der Waals surface area contributed by atoms with Crippen molar-refractivity contribution in [2.45, 2.75) is 37.3 Å². The van der Waals surface area contributed by atoms with E-state index in [0.717, 1.165) is 5.56 Å². The van der Waals surface area contributed by atoms with E-state index in [1.54, 1.807) is 31.4 Å². The largest absolute Gasteiger partial charge is 0.456 e. The van der Waals surface area contributed by atoms with Crippen molar-refractivity contribution in [1.29, 1.82) is 0 Å². The molecule has 0 radical (unpaired) electrons. The van der Waals surface area contributed by atoms with Crippen LogP contribution < -0.4 is 0 Å². The Bertz CT molecular complexity index is 750. The lowest BCUT2D eigenvalue weighted by atomic mass is 9.99. The Labute approximate surface area is 157 Å². The number of ether oxygens (including phenoxy) is 5. The van der Waals surface area contributed by atoms with Crippen LogP contribution >= 0.6 is 0 Å². The van der Waals surface area contributed by atoms with Gasteiger partial charge in [0.2, 0.25) is 0 Å². The zero-order valence-corrected chi connectivity index (χ0v) is 15.0. The average Bonchev–Trinajstić information content (AvgIpc) is 2.74. The lowest BCUT2D eigenvalue weighted by Gasteiger charge is -2.45. The van der Waals surface area contributed by atoms with Crippen LogP contribution in [0.1, 0.15) is 28.6 Å². The molecule has 6 heteroatoms. The third-order valence-electron chi connectivity index (χ3n) is 4.78. The maximum absolute atomic E-state index is 12.5.